The number of aromatic nitrogens is 1. The topological polar surface area (TPSA) is 94.7 Å². The number of hydrogen-bond acceptors (Lipinski definition) is 4. The maximum Gasteiger partial charge on any atom is 0.328 e. The normalized spacial score (nSPS) is 20.3. The molecule has 0 aliphatic carbocycles. The van der Waals surface area contributed by atoms with Crippen LogP contribution in [0.2, 0.25) is 0 Å². The Morgan fingerprint density at radius 1 is 1.14 bits per heavy atom. The number of nitrogens with one attached hydrogen (secondary N) is 2. The zero-order chi connectivity index (χ0) is 24.9. The number of aromatic amines is 1. The van der Waals surface area contributed by atoms with E-state index >= 15 is 0 Å². The summed E-state index contributed by atoms with van der Waals surface area (Å²) in [5.74, 6) is -0.347. The summed E-state index contributed by atoms with van der Waals surface area (Å²) in [6, 6.07) is 14.0. The predicted octanol–water partition coefficient (Wildman–Crippen LogP) is 3.55. The molecule has 2 aliphatic heterocycles. The first kappa shape index (κ1) is 23.0. The van der Waals surface area contributed by atoms with Crippen LogP contribution in [0.15, 0.2) is 48.5 Å². The third kappa shape index (κ3) is 3.38. The number of urea groups is 1. The Kier molecular flexibility index (Phi) is 5.54. The molecule has 3 aromatic rings. The Hall–Kier alpha value is -3.81. The number of carbonyl (C=O) groups is 3. The molecular formula is C27H30N4O4. The highest BCUT2D eigenvalue weighted by Gasteiger charge is 2.61. The van der Waals surface area contributed by atoms with Crippen LogP contribution in [0.5, 0.6) is 5.75 Å². The van der Waals surface area contributed by atoms with E-state index in [9.17, 15) is 14.4 Å². The lowest BCUT2D eigenvalue weighted by atomic mass is 9.86. The number of rotatable bonds is 6. The van der Waals surface area contributed by atoms with Gasteiger partial charge in [0, 0.05) is 29.6 Å². The van der Waals surface area contributed by atoms with Gasteiger partial charge in [0.2, 0.25) is 5.91 Å². The lowest BCUT2D eigenvalue weighted by molar-refractivity contribution is -0.140. The van der Waals surface area contributed by atoms with Gasteiger partial charge in [-0.2, -0.15) is 0 Å². The third-order valence-electron chi connectivity index (χ3n) is 7.32. The van der Waals surface area contributed by atoms with E-state index in [0.29, 0.717) is 18.7 Å². The van der Waals surface area contributed by atoms with Crippen molar-refractivity contribution in [3.63, 3.8) is 0 Å². The molecule has 3 heterocycles. The van der Waals surface area contributed by atoms with E-state index in [1.807, 2.05) is 62.4 Å². The van der Waals surface area contributed by atoms with Crippen LogP contribution in [-0.2, 0) is 28.1 Å². The number of methoxy groups -OCH3 is 1. The second kappa shape index (κ2) is 8.45. The van der Waals surface area contributed by atoms with Gasteiger partial charge in [0.25, 0.3) is 5.91 Å². The third-order valence-corrected chi connectivity index (χ3v) is 7.32. The molecule has 8 heteroatoms. The summed E-state index contributed by atoms with van der Waals surface area (Å²) in [6.07, 6.45) is 0.647. The number of amides is 4. The minimum atomic E-state index is -1.18. The SMILES string of the molecule is COc1ccccc1CNC(=O)C(C(C)C)N1C(=O)N2CCc3c([nH]c4ccccc34)C2(C)C1=O. The Labute approximate surface area is 204 Å². The van der Waals surface area contributed by atoms with Gasteiger partial charge in [-0.05, 0) is 37.0 Å². The molecule has 2 atom stereocenters. The number of para-hydroxylation sites is 2. The van der Waals surface area contributed by atoms with E-state index in [4.69, 9.17) is 4.74 Å². The number of ether oxygens (including phenoxy) is 1. The minimum absolute atomic E-state index is 0.232. The number of imide groups is 1. The van der Waals surface area contributed by atoms with Gasteiger partial charge >= 0.3 is 6.03 Å². The highest BCUT2D eigenvalue weighted by Crippen LogP contribution is 2.45. The molecule has 2 aromatic carbocycles. The number of fused-ring (bicyclic) bond motifs is 5. The molecule has 1 saturated heterocycles. The number of benzene rings is 2. The highest BCUT2D eigenvalue weighted by molar-refractivity contribution is 6.11. The zero-order valence-corrected chi connectivity index (χ0v) is 20.4. The monoisotopic (exact) mass is 474 g/mol. The van der Waals surface area contributed by atoms with E-state index in [1.54, 1.807) is 18.9 Å². The largest absolute Gasteiger partial charge is 0.496 e. The molecule has 0 radical (unpaired) electrons. The van der Waals surface area contributed by atoms with Gasteiger partial charge < -0.3 is 19.9 Å². The number of H-pyrrole nitrogens is 1. The second-order valence-electron chi connectivity index (χ2n) is 9.67. The van der Waals surface area contributed by atoms with Crippen molar-refractivity contribution in [3.8, 4) is 5.75 Å². The second-order valence-corrected chi connectivity index (χ2v) is 9.67. The molecule has 2 N–H and O–H groups in total. The highest BCUT2D eigenvalue weighted by atomic mass is 16.5. The maximum atomic E-state index is 14.0. The molecule has 8 nitrogen and oxygen atoms in total. The Morgan fingerprint density at radius 3 is 2.60 bits per heavy atom. The number of carbonyl (C=O) groups excluding carboxylic acids is 3. The summed E-state index contributed by atoms with van der Waals surface area (Å²) in [5, 5.41) is 3.98. The van der Waals surface area contributed by atoms with E-state index in [-0.39, 0.29) is 24.3 Å². The van der Waals surface area contributed by atoms with Gasteiger partial charge in [-0.3, -0.25) is 9.59 Å². The fraction of sp³-hybridized carbons (Fsp3) is 0.370. The van der Waals surface area contributed by atoms with Gasteiger partial charge in [0.05, 0.1) is 12.8 Å². The summed E-state index contributed by atoms with van der Waals surface area (Å²) >= 11 is 0. The molecule has 182 valence electrons. The van der Waals surface area contributed by atoms with E-state index in [0.717, 1.165) is 27.7 Å². The molecule has 2 unspecified atom stereocenters. The fourth-order valence-electron chi connectivity index (χ4n) is 5.52. The van der Waals surface area contributed by atoms with Crippen molar-refractivity contribution in [3.05, 3.63) is 65.4 Å². The average Bonchev–Trinajstić information content (AvgIpc) is 3.33. The fourth-order valence-corrected chi connectivity index (χ4v) is 5.52. The molecule has 4 amide bonds. The first-order valence-corrected chi connectivity index (χ1v) is 11.9. The van der Waals surface area contributed by atoms with Gasteiger partial charge in [-0.25, -0.2) is 9.69 Å². The van der Waals surface area contributed by atoms with Crippen LogP contribution in [0.4, 0.5) is 4.79 Å². The van der Waals surface area contributed by atoms with Crippen LogP contribution >= 0.6 is 0 Å². The van der Waals surface area contributed by atoms with Gasteiger partial charge in [0.1, 0.15) is 11.8 Å². The predicted molar refractivity (Wildman–Crippen MR) is 132 cm³/mol. The van der Waals surface area contributed by atoms with Crippen LogP contribution in [-0.4, -0.2) is 52.3 Å². The molecular weight excluding hydrogens is 444 g/mol. The summed E-state index contributed by atoms with van der Waals surface area (Å²) in [7, 11) is 1.58. The van der Waals surface area contributed by atoms with Crippen LogP contribution in [0.25, 0.3) is 10.9 Å². The van der Waals surface area contributed by atoms with Gasteiger partial charge in [0.15, 0.2) is 5.54 Å². The Morgan fingerprint density at radius 2 is 1.86 bits per heavy atom. The molecule has 1 aromatic heterocycles. The summed E-state index contributed by atoms with van der Waals surface area (Å²) in [6.45, 7) is 6.13. The van der Waals surface area contributed by atoms with E-state index in [2.05, 4.69) is 10.3 Å². The maximum absolute atomic E-state index is 14.0. The average molecular weight is 475 g/mol. The van der Waals surface area contributed by atoms with Crippen molar-refractivity contribution in [2.45, 2.75) is 45.3 Å². The van der Waals surface area contributed by atoms with Crippen molar-refractivity contribution >= 4 is 28.7 Å². The lowest BCUT2D eigenvalue weighted by Gasteiger charge is -2.36. The molecule has 0 spiro atoms. The van der Waals surface area contributed by atoms with Crippen molar-refractivity contribution in [1.82, 2.24) is 20.1 Å². The quantitative estimate of drug-likeness (QED) is 0.534. The molecule has 2 aliphatic rings. The first-order chi connectivity index (χ1) is 16.8. The van der Waals surface area contributed by atoms with Crippen LogP contribution in [0.3, 0.4) is 0 Å². The Bertz CT molecular complexity index is 1330. The molecule has 5 rings (SSSR count). The van der Waals surface area contributed by atoms with Crippen molar-refractivity contribution in [2.75, 3.05) is 13.7 Å². The van der Waals surface area contributed by atoms with Crippen LogP contribution in [0, 0.1) is 5.92 Å². The van der Waals surface area contributed by atoms with Crippen molar-refractivity contribution in [2.24, 2.45) is 5.92 Å². The minimum Gasteiger partial charge on any atom is -0.496 e. The molecule has 0 saturated carbocycles. The zero-order valence-electron chi connectivity index (χ0n) is 20.4. The molecule has 0 bridgehead atoms. The van der Waals surface area contributed by atoms with Gasteiger partial charge in [-0.1, -0.05) is 50.2 Å². The molecule has 35 heavy (non-hydrogen) atoms. The lowest BCUT2D eigenvalue weighted by Crippen LogP contribution is -2.53. The Balaban J connectivity index is 1.47. The summed E-state index contributed by atoms with van der Waals surface area (Å²) in [4.78, 5) is 47.2. The van der Waals surface area contributed by atoms with Crippen LogP contribution in [0.1, 0.15) is 37.6 Å². The van der Waals surface area contributed by atoms with E-state index in [1.165, 1.54) is 4.90 Å². The smallest absolute Gasteiger partial charge is 0.328 e. The first-order valence-electron chi connectivity index (χ1n) is 11.9. The summed E-state index contributed by atoms with van der Waals surface area (Å²) in [5.41, 5.74) is 2.37. The van der Waals surface area contributed by atoms with Crippen LogP contribution < -0.4 is 10.1 Å². The van der Waals surface area contributed by atoms with Crippen molar-refractivity contribution in [1.29, 1.82) is 0 Å². The number of nitrogens with zero attached hydrogens (tertiary/aromatic N) is 2. The van der Waals surface area contributed by atoms with Crippen molar-refractivity contribution < 1.29 is 19.1 Å². The van der Waals surface area contributed by atoms with Gasteiger partial charge in [-0.15, -0.1) is 0 Å². The standard InChI is InChI=1S/C27H30N4O4/c1-16(2)22(24(32)28-15-17-9-5-8-12-21(17)35-4)31-25(33)27(3)23-19(13-14-30(27)26(31)34)18-10-6-7-11-20(18)29-23/h5-12,16,22,29H,13-15H2,1-4H3,(H,28,32). The van der Waals surface area contributed by atoms with E-state index < -0.39 is 17.6 Å². The molecule has 1 fully saturated rings. The number of hydrogen-bond donors (Lipinski definition) is 2. The summed E-state index contributed by atoms with van der Waals surface area (Å²) < 4.78 is 5.37.